The number of benzene rings is 8. The summed E-state index contributed by atoms with van der Waals surface area (Å²) in [7, 11) is 0. The Bertz CT molecular complexity index is 2860. The van der Waals surface area contributed by atoms with Crippen molar-refractivity contribution >= 4 is 11.0 Å². The van der Waals surface area contributed by atoms with Crippen molar-refractivity contribution in [2.75, 3.05) is 0 Å². The van der Waals surface area contributed by atoms with Gasteiger partial charge in [-0.1, -0.05) is 170 Å². The maximum absolute atomic E-state index is 5.35. The number of pyridine rings is 1. The fourth-order valence-electron chi connectivity index (χ4n) is 7.96. The SMILES string of the molecule is c1ccc(-c2cccc(-c3ccccc3)c2-c2cc(-c3c(-c4ccccc4)cccc3-c3ccccc3)c3nn(-c4cccc(-c5ccncc5)c4)nc3c2)cc1. The normalized spacial score (nSPS) is 11.2. The molecule has 0 N–H and O–H groups in total. The third-order valence-electron chi connectivity index (χ3n) is 10.6. The van der Waals surface area contributed by atoms with Crippen LogP contribution >= 0.6 is 0 Å². The van der Waals surface area contributed by atoms with Gasteiger partial charge in [-0.05, 0) is 109 Å². The minimum absolute atomic E-state index is 0.806. The maximum atomic E-state index is 5.35. The highest BCUT2D eigenvalue weighted by Crippen LogP contribution is 2.47. The molecule has 0 saturated heterocycles. The van der Waals surface area contributed by atoms with E-state index in [0.717, 1.165) is 94.6 Å². The van der Waals surface area contributed by atoms with Gasteiger partial charge in [0.25, 0.3) is 0 Å². The van der Waals surface area contributed by atoms with Gasteiger partial charge in [0.15, 0.2) is 0 Å². The molecule has 0 amide bonds. The van der Waals surface area contributed by atoms with E-state index in [-0.39, 0.29) is 0 Å². The van der Waals surface area contributed by atoms with E-state index >= 15 is 0 Å². The zero-order valence-electron chi connectivity index (χ0n) is 31.1. The molecule has 4 heteroatoms. The van der Waals surface area contributed by atoms with E-state index < -0.39 is 0 Å². The summed E-state index contributed by atoms with van der Waals surface area (Å²) in [6, 6.07) is 72.9. The molecule has 0 saturated carbocycles. The van der Waals surface area contributed by atoms with Gasteiger partial charge in [-0.3, -0.25) is 4.98 Å². The summed E-state index contributed by atoms with van der Waals surface area (Å²) < 4.78 is 0. The van der Waals surface area contributed by atoms with Crippen LogP contribution in [-0.4, -0.2) is 20.0 Å². The van der Waals surface area contributed by atoms with Gasteiger partial charge in [0.2, 0.25) is 0 Å². The molecule has 0 atom stereocenters. The molecule has 268 valence electrons. The molecule has 8 aromatic carbocycles. The Morgan fingerprint density at radius 1 is 0.298 bits per heavy atom. The average Bonchev–Trinajstić information content (AvgIpc) is 3.74. The minimum Gasteiger partial charge on any atom is -0.265 e. The van der Waals surface area contributed by atoms with E-state index in [1.165, 1.54) is 0 Å². The molecular formula is C53H36N4. The summed E-state index contributed by atoms with van der Waals surface area (Å²) >= 11 is 0. The molecule has 0 aliphatic carbocycles. The van der Waals surface area contributed by atoms with Gasteiger partial charge >= 0.3 is 0 Å². The first kappa shape index (κ1) is 33.8. The molecular weight excluding hydrogens is 693 g/mol. The van der Waals surface area contributed by atoms with Gasteiger partial charge in [0.1, 0.15) is 11.0 Å². The first-order chi connectivity index (χ1) is 28.3. The lowest BCUT2D eigenvalue weighted by molar-refractivity contribution is 0.766. The Kier molecular flexibility index (Phi) is 8.82. The van der Waals surface area contributed by atoms with Crippen molar-refractivity contribution < 1.29 is 0 Å². The number of hydrogen-bond acceptors (Lipinski definition) is 3. The van der Waals surface area contributed by atoms with Crippen molar-refractivity contribution in [3.63, 3.8) is 0 Å². The number of hydrogen-bond donors (Lipinski definition) is 0. The standard InChI is InChI=1S/C53H36N4/c1-5-16-38(17-6-1)45-26-14-27-46(39-18-7-2-8-19-39)51(45)43-35-49(52-47(40-20-9-3-10-21-40)28-15-29-48(52)41-22-11-4-12-23-41)53-50(36-43)55-57(56-53)44-25-13-24-42(34-44)37-30-32-54-33-31-37/h1-36H. The van der Waals surface area contributed by atoms with Crippen molar-refractivity contribution in [2.24, 2.45) is 0 Å². The lowest BCUT2D eigenvalue weighted by Crippen LogP contribution is -1.98. The van der Waals surface area contributed by atoms with Crippen molar-refractivity contribution in [3.8, 4) is 83.6 Å². The van der Waals surface area contributed by atoms with E-state index in [1.54, 1.807) is 4.80 Å². The van der Waals surface area contributed by atoms with Crippen LogP contribution in [0.4, 0.5) is 0 Å². The Labute approximate surface area is 332 Å². The van der Waals surface area contributed by atoms with Gasteiger partial charge in [0.05, 0.1) is 5.69 Å². The van der Waals surface area contributed by atoms with Crippen LogP contribution in [0.2, 0.25) is 0 Å². The number of rotatable bonds is 8. The Balaban J connectivity index is 1.31. The fourth-order valence-corrected chi connectivity index (χ4v) is 7.96. The van der Waals surface area contributed by atoms with E-state index in [0.29, 0.717) is 0 Å². The van der Waals surface area contributed by atoms with Gasteiger partial charge in [-0.25, -0.2) is 0 Å². The van der Waals surface area contributed by atoms with Crippen LogP contribution in [0, 0.1) is 0 Å². The van der Waals surface area contributed by atoms with Gasteiger partial charge < -0.3 is 0 Å². The summed E-state index contributed by atoms with van der Waals surface area (Å²) in [4.78, 5) is 6.02. The monoisotopic (exact) mass is 728 g/mol. The Morgan fingerprint density at radius 2 is 0.754 bits per heavy atom. The lowest BCUT2D eigenvalue weighted by atomic mass is 9.83. The molecule has 0 aliphatic rings. The molecule has 4 nitrogen and oxygen atoms in total. The highest BCUT2D eigenvalue weighted by Gasteiger charge is 2.23. The quantitative estimate of drug-likeness (QED) is 0.156. The average molecular weight is 729 g/mol. The fraction of sp³-hybridized carbons (Fsp3) is 0. The molecule has 0 aliphatic heterocycles. The first-order valence-electron chi connectivity index (χ1n) is 19.2. The number of fused-ring (bicyclic) bond motifs is 1. The van der Waals surface area contributed by atoms with Crippen LogP contribution in [0.3, 0.4) is 0 Å². The van der Waals surface area contributed by atoms with E-state index in [4.69, 9.17) is 10.2 Å². The molecule has 2 aromatic heterocycles. The molecule has 0 fully saturated rings. The Morgan fingerprint density at radius 3 is 1.26 bits per heavy atom. The second kappa shape index (κ2) is 14.9. The van der Waals surface area contributed by atoms with Crippen LogP contribution in [0.15, 0.2) is 219 Å². The zero-order chi connectivity index (χ0) is 38.0. The third-order valence-corrected chi connectivity index (χ3v) is 10.6. The number of aromatic nitrogens is 4. The molecule has 10 aromatic rings. The summed E-state index contributed by atoms with van der Waals surface area (Å²) in [5, 5.41) is 10.6. The Hall–Kier alpha value is -7.69. The maximum Gasteiger partial charge on any atom is 0.121 e. The van der Waals surface area contributed by atoms with Crippen LogP contribution < -0.4 is 0 Å². The second-order valence-electron chi connectivity index (χ2n) is 14.1. The van der Waals surface area contributed by atoms with Crippen LogP contribution in [0.5, 0.6) is 0 Å². The highest BCUT2D eigenvalue weighted by atomic mass is 15.5. The lowest BCUT2D eigenvalue weighted by Gasteiger charge is -2.20. The van der Waals surface area contributed by atoms with Crippen molar-refractivity contribution in [3.05, 3.63) is 219 Å². The van der Waals surface area contributed by atoms with Crippen LogP contribution in [-0.2, 0) is 0 Å². The highest BCUT2D eigenvalue weighted by molar-refractivity contribution is 6.07. The molecule has 0 radical (unpaired) electrons. The first-order valence-corrected chi connectivity index (χ1v) is 19.2. The summed E-state index contributed by atoms with van der Waals surface area (Å²) in [6.45, 7) is 0. The summed E-state index contributed by atoms with van der Waals surface area (Å²) in [5.74, 6) is 0. The van der Waals surface area contributed by atoms with Crippen LogP contribution in [0.1, 0.15) is 0 Å². The van der Waals surface area contributed by atoms with Crippen LogP contribution in [0.25, 0.3) is 94.6 Å². The molecule has 0 spiro atoms. The predicted molar refractivity (Wildman–Crippen MR) is 235 cm³/mol. The number of nitrogens with zero attached hydrogens (tertiary/aromatic N) is 4. The molecule has 0 unspecified atom stereocenters. The second-order valence-corrected chi connectivity index (χ2v) is 14.1. The van der Waals surface area contributed by atoms with E-state index in [2.05, 4.69) is 199 Å². The smallest absolute Gasteiger partial charge is 0.121 e. The van der Waals surface area contributed by atoms with Crippen molar-refractivity contribution in [1.82, 2.24) is 20.0 Å². The summed E-state index contributed by atoms with van der Waals surface area (Å²) in [6.07, 6.45) is 3.64. The minimum atomic E-state index is 0.806. The van der Waals surface area contributed by atoms with Crippen molar-refractivity contribution in [1.29, 1.82) is 0 Å². The van der Waals surface area contributed by atoms with Gasteiger partial charge in [-0.15, -0.1) is 10.2 Å². The van der Waals surface area contributed by atoms with E-state index in [9.17, 15) is 0 Å². The summed E-state index contributed by atoms with van der Waals surface area (Å²) in [5.41, 5.74) is 18.1. The predicted octanol–water partition coefficient (Wildman–Crippen LogP) is 13.5. The molecule has 0 bridgehead atoms. The van der Waals surface area contributed by atoms with Crippen molar-refractivity contribution in [2.45, 2.75) is 0 Å². The topological polar surface area (TPSA) is 43.6 Å². The largest absolute Gasteiger partial charge is 0.265 e. The molecule has 2 heterocycles. The van der Waals surface area contributed by atoms with Gasteiger partial charge in [-0.2, -0.15) is 4.80 Å². The third kappa shape index (κ3) is 6.49. The zero-order valence-corrected chi connectivity index (χ0v) is 31.1. The van der Waals surface area contributed by atoms with E-state index in [1.807, 2.05) is 24.5 Å². The van der Waals surface area contributed by atoms with Gasteiger partial charge in [0, 0.05) is 18.0 Å². The molecule has 57 heavy (non-hydrogen) atoms. The molecule has 10 rings (SSSR count).